The van der Waals surface area contributed by atoms with Crippen LogP contribution in [0, 0.1) is 0 Å². The SMILES string of the molecule is C[C@]1(Cl)C(=O)c2ccccc2[C@]1(O)C(N)=O. The largest absolute Gasteiger partial charge is 0.374 e. The molecule has 1 aliphatic carbocycles. The van der Waals surface area contributed by atoms with Gasteiger partial charge in [-0.3, -0.25) is 9.59 Å². The third kappa shape index (κ3) is 1.03. The van der Waals surface area contributed by atoms with Crippen LogP contribution in [0.4, 0.5) is 0 Å². The summed E-state index contributed by atoms with van der Waals surface area (Å²) in [6.07, 6.45) is 0. The predicted octanol–water partition coefficient (Wildman–Crippen LogP) is 0.553. The maximum absolute atomic E-state index is 11.9. The van der Waals surface area contributed by atoms with Gasteiger partial charge in [0.05, 0.1) is 0 Å². The number of alkyl halides is 1. The van der Waals surface area contributed by atoms with Crippen molar-refractivity contribution in [1.29, 1.82) is 0 Å². The number of carbonyl (C=O) groups is 2. The second-order valence-corrected chi connectivity index (χ2v) is 4.71. The van der Waals surface area contributed by atoms with Crippen molar-refractivity contribution >= 4 is 23.3 Å². The quantitative estimate of drug-likeness (QED) is 0.703. The number of hydrogen-bond acceptors (Lipinski definition) is 3. The van der Waals surface area contributed by atoms with E-state index in [0.717, 1.165) is 0 Å². The number of fused-ring (bicyclic) bond motifs is 1. The zero-order valence-corrected chi connectivity index (χ0v) is 9.28. The van der Waals surface area contributed by atoms with Crippen molar-refractivity contribution in [3.05, 3.63) is 35.4 Å². The van der Waals surface area contributed by atoms with Crippen LogP contribution in [0.5, 0.6) is 0 Å². The van der Waals surface area contributed by atoms with Crippen LogP contribution >= 0.6 is 11.6 Å². The lowest BCUT2D eigenvalue weighted by molar-refractivity contribution is -0.138. The fourth-order valence-electron chi connectivity index (χ4n) is 2.03. The van der Waals surface area contributed by atoms with Gasteiger partial charge in [0.1, 0.15) is 4.87 Å². The highest BCUT2D eigenvalue weighted by atomic mass is 35.5. The average molecular weight is 240 g/mol. The number of aliphatic hydroxyl groups is 1. The third-order valence-corrected chi connectivity index (χ3v) is 3.47. The number of primary amides is 1. The van der Waals surface area contributed by atoms with Gasteiger partial charge in [-0.2, -0.15) is 0 Å². The van der Waals surface area contributed by atoms with Gasteiger partial charge in [0.25, 0.3) is 5.91 Å². The number of benzene rings is 1. The molecule has 1 aromatic carbocycles. The summed E-state index contributed by atoms with van der Waals surface area (Å²) < 4.78 is 0. The summed E-state index contributed by atoms with van der Waals surface area (Å²) >= 11 is 5.99. The van der Waals surface area contributed by atoms with Gasteiger partial charge in [0, 0.05) is 11.1 Å². The van der Waals surface area contributed by atoms with E-state index in [-0.39, 0.29) is 11.1 Å². The molecule has 0 aromatic heterocycles. The van der Waals surface area contributed by atoms with Crippen molar-refractivity contribution in [1.82, 2.24) is 0 Å². The van der Waals surface area contributed by atoms with E-state index >= 15 is 0 Å². The lowest BCUT2D eigenvalue weighted by atomic mass is 9.87. The zero-order chi connectivity index (χ0) is 12.1. The van der Waals surface area contributed by atoms with Crippen LogP contribution in [-0.4, -0.2) is 21.7 Å². The summed E-state index contributed by atoms with van der Waals surface area (Å²) in [7, 11) is 0. The molecule has 1 amide bonds. The molecule has 4 nitrogen and oxygen atoms in total. The molecule has 3 N–H and O–H groups in total. The van der Waals surface area contributed by atoms with E-state index < -0.39 is 22.2 Å². The topological polar surface area (TPSA) is 80.4 Å². The molecule has 16 heavy (non-hydrogen) atoms. The molecule has 2 atom stereocenters. The van der Waals surface area contributed by atoms with Crippen molar-refractivity contribution in [3.63, 3.8) is 0 Å². The summed E-state index contributed by atoms with van der Waals surface area (Å²) in [4.78, 5) is 21.6. The number of ketones is 1. The Morgan fingerprint density at radius 1 is 1.44 bits per heavy atom. The van der Waals surface area contributed by atoms with Crippen LogP contribution in [0.2, 0.25) is 0 Å². The van der Waals surface area contributed by atoms with Crippen molar-refractivity contribution in [2.75, 3.05) is 0 Å². The molecule has 0 fully saturated rings. The molecule has 1 aromatic rings. The molecule has 0 radical (unpaired) electrons. The summed E-state index contributed by atoms with van der Waals surface area (Å²) in [6, 6.07) is 6.24. The van der Waals surface area contributed by atoms with Crippen LogP contribution in [-0.2, 0) is 10.4 Å². The highest BCUT2D eigenvalue weighted by Crippen LogP contribution is 2.47. The summed E-state index contributed by atoms with van der Waals surface area (Å²) in [6.45, 7) is 1.29. The normalized spacial score (nSPS) is 32.6. The van der Waals surface area contributed by atoms with Crippen LogP contribution in [0.15, 0.2) is 24.3 Å². The van der Waals surface area contributed by atoms with E-state index in [1.807, 2.05) is 0 Å². The molecule has 0 saturated heterocycles. The Morgan fingerprint density at radius 2 is 2.00 bits per heavy atom. The minimum atomic E-state index is -2.15. The number of amides is 1. The summed E-state index contributed by atoms with van der Waals surface area (Å²) in [5.41, 5.74) is 3.42. The van der Waals surface area contributed by atoms with E-state index in [4.69, 9.17) is 17.3 Å². The first kappa shape index (κ1) is 11.1. The average Bonchev–Trinajstić information content (AvgIpc) is 2.40. The highest BCUT2D eigenvalue weighted by molar-refractivity contribution is 6.42. The molecule has 84 valence electrons. The van der Waals surface area contributed by atoms with Gasteiger partial charge in [-0.15, -0.1) is 11.6 Å². The fraction of sp³-hybridized carbons (Fsp3) is 0.273. The van der Waals surface area contributed by atoms with Crippen LogP contribution in [0.1, 0.15) is 22.8 Å². The van der Waals surface area contributed by atoms with Crippen LogP contribution in [0.25, 0.3) is 0 Å². The molecule has 0 saturated carbocycles. The van der Waals surface area contributed by atoms with E-state index in [2.05, 4.69) is 0 Å². The number of nitrogens with two attached hydrogens (primary N) is 1. The number of rotatable bonds is 1. The smallest absolute Gasteiger partial charge is 0.256 e. The molecule has 0 bridgehead atoms. The van der Waals surface area contributed by atoms with Crippen LogP contribution < -0.4 is 5.73 Å². The van der Waals surface area contributed by atoms with E-state index in [1.54, 1.807) is 12.1 Å². The number of Topliss-reactive ketones (excluding diaryl/α,β-unsaturated/α-hetero) is 1. The van der Waals surface area contributed by atoms with Gasteiger partial charge < -0.3 is 10.8 Å². The number of halogens is 1. The highest BCUT2D eigenvalue weighted by Gasteiger charge is 2.62. The van der Waals surface area contributed by atoms with E-state index in [0.29, 0.717) is 0 Å². The van der Waals surface area contributed by atoms with Crippen molar-refractivity contribution in [2.24, 2.45) is 5.73 Å². The molecule has 0 unspecified atom stereocenters. The Balaban J connectivity index is 2.80. The maximum atomic E-state index is 11.9. The Labute approximate surface area is 97.0 Å². The molecule has 0 spiro atoms. The molecule has 1 aliphatic rings. The molecule has 0 aliphatic heterocycles. The second kappa shape index (κ2) is 3.06. The first-order valence-corrected chi connectivity index (χ1v) is 5.06. The summed E-state index contributed by atoms with van der Waals surface area (Å²) in [5, 5.41) is 10.3. The van der Waals surface area contributed by atoms with Crippen molar-refractivity contribution in [2.45, 2.75) is 17.4 Å². The minimum Gasteiger partial charge on any atom is -0.374 e. The van der Waals surface area contributed by atoms with E-state index in [1.165, 1.54) is 19.1 Å². The monoisotopic (exact) mass is 239 g/mol. The first-order chi connectivity index (χ1) is 7.33. The van der Waals surface area contributed by atoms with Gasteiger partial charge in [0.2, 0.25) is 0 Å². The van der Waals surface area contributed by atoms with Crippen LogP contribution in [0.3, 0.4) is 0 Å². The summed E-state index contributed by atoms with van der Waals surface area (Å²) in [5.74, 6) is -1.52. The Morgan fingerprint density at radius 3 is 2.56 bits per heavy atom. The predicted molar refractivity (Wildman–Crippen MR) is 58.1 cm³/mol. The molecule has 2 rings (SSSR count). The van der Waals surface area contributed by atoms with Gasteiger partial charge >= 0.3 is 0 Å². The molecular weight excluding hydrogens is 230 g/mol. The zero-order valence-electron chi connectivity index (χ0n) is 8.53. The van der Waals surface area contributed by atoms with Gasteiger partial charge in [0.15, 0.2) is 11.4 Å². The third-order valence-electron chi connectivity index (χ3n) is 3.02. The molecular formula is C11H10ClNO3. The van der Waals surface area contributed by atoms with Gasteiger partial charge in [-0.05, 0) is 6.92 Å². The molecule has 0 heterocycles. The lowest BCUT2D eigenvalue weighted by Crippen LogP contribution is -2.54. The Bertz CT molecular complexity index is 498. The lowest BCUT2D eigenvalue weighted by Gasteiger charge is -2.30. The Hall–Kier alpha value is -1.39. The number of hydrogen-bond donors (Lipinski definition) is 2. The van der Waals surface area contributed by atoms with E-state index in [9.17, 15) is 14.7 Å². The Kier molecular flexibility index (Phi) is 2.12. The first-order valence-electron chi connectivity index (χ1n) is 4.69. The van der Waals surface area contributed by atoms with Crippen molar-refractivity contribution in [3.8, 4) is 0 Å². The standard InChI is InChI=1S/C11H10ClNO3/c1-10(12)8(14)6-4-2-3-5-7(6)11(10,16)9(13)15/h2-5,16H,1H3,(H2,13,15)/t10-,11-/m0/s1. The minimum absolute atomic E-state index is 0.171. The van der Waals surface area contributed by atoms with Crippen molar-refractivity contribution < 1.29 is 14.7 Å². The molecule has 5 heteroatoms. The fourth-order valence-corrected chi connectivity index (χ4v) is 2.33. The van der Waals surface area contributed by atoms with Gasteiger partial charge in [-0.25, -0.2) is 0 Å². The number of carbonyl (C=O) groups excluding carboxylic acids is 2. The second-order valence-electron chi connectivity index (χ2n) is 3.95. The van der Waals surface area contributed by atoms with Gasteiger partial charge in [-0.1, -0.05) is 24.3 Å². The maximum Gasteiger partial charge on any atom is 0.256 e.